The number of sulfonamides is 1. The predicted molar refractivity (Wildman–Crippen MR) is 133 cm³/mol. The molecule has 1 atom stereocenters. The molecule has 0 unspecified atom stereocenters. The largest absolute Gasteiger partial charge is 0.352 e. The molecule has 2 amide bonds. The van der Waals surface area contributed by atoms with Crippen LogP contribution in [-0.2, 0) is 26.2 Å². The molecule has 0 aliphatic carbocycles. The Labute approximate surface area is 201 Å². The zero-order chi connectivity index (χ0) is 24.9. The summed E-state index contributed by atoms with van der Waals surface area (Å²) in [4.78, 5) is 27.6. The minimum Gasteiger partial charge on any atom is -0.352 e. The zero-order valence-corrected chi connectivity index (χ0v) is 21.5. The molecular weight excluding hydrogens is 462 g/mol. The first-order chi connectivity index (χ1) is 15.3. The number of nitrogens with one attached hydrogen (secondary N) is 1. The molecule has 0 spiro atoms. The van der Waals surface area contributed by atoms with Gasteiger partial charge >= 0.3 is 0 Å². The second-order valence-corrected chi connectivity index (χ2v) is 10.8. The van der Waals surface area contributed by atoms with Crippen molar-refractivity contribution in [2.75, 3.05) is 17.1 Å². The molecule has 0 radical (unpaired) electrons. The van der Waals surface area contributed by atoms with Crippen LogP contribution in [0.1, 0.15) is 37.5 Å². The highest BCUT2D eigenvalue weighted by molar-refractivity contribution is 7.92. The molecular formula is C24H32ClN3O4S. The first-order valence-electron chi connectivity index (χ1n) is 10.7. The summed E-state index contributed by atoms with van der Waals surface area (Å²) >= 11 is 6.20. The monoisotopic (exact) mass is 493 g/mol. The average molecular weight is 494 g/mol. The van der Waals surface area contributed by atoms with Crippen LogP contribution in [-0.4, -0.2) is 50.0 Å². The van der Waals surface area contributed by atoms with Gasteiger partial charge < -0.3 is 10.2 Å². The Kier molecular flexibility index (Phi) is 8.91. The number of hydrogen-bond acceptors (Lipinski definition) is 4. The Morgan fingerprint density at radius 1 is 1.03 bits per heavy atom. The van der Waals surface area contributed by atoms with Crippen molar-refractivity contribution >= 4 is 39.1 Å². The summed E-state index contributed by atoms with van der Waals surface area (Å²) < 4.78 is 26.2. The van der Waals surface area contributed by atoms with Crippen molar-refractivity contribution in [1.82, 2.24) is 10.2 Å². The van der Waals surface area contributed by atoms with Gasteiger partial charge in [-0.3, -0.25) is 13.9 Å². The number of hydrogen-bond donors (Lipinski definition) is 1. The standard InChI is InChI=1S/C24H32ClN3O4S/c1-16(2)26-24(30)19(5)27(14-20-10-8-7-9-17(20)3)23(29)15-28(33(6,31)32)21-12-11-18(4)22(25)13-21/h7-13,16,19H,14-15H2,1-6H3,(H,26,30)/t19-/m1/s1. The molecule has 0 fully saturated rings. The number of aryl methyl sites for hydroxylation is 2. The minimum absolute atomic E-state index is 0.0995. The molecule has 0 aromatic heterocycles. The van der Waals surface area contributed by atoms with Gasteiger partial charge in [-0.1, -0.05) is 41.9 Å². The molecule has 7 nitrogen and oxygen atoms in total. The molecule has 2 rings (SSSR count). The van der Waals surface area contributed by atoms with Crippen molar-refractivity contribution in [3.8, 4) is 0 Å². The summed E-state index contributed by atoms with van der Waals surface area (Å²) in [6.45, 7) is 8.76. The summed E-state index contributed by atoms with van der Waals surface area (Å²) in [6.07, 6.45) is 1.04. The van der Waals surface area contributed by atoms with E-state index in [-0.39, 0.29) is 24.2 Å². The predicted octanol–water partition coefficient (Wildman–Crippen LogP) is 3.66. The lowest BCUT2D eigenvalue weighted by molar-refractivity contribution is -0.139. The van der Waals surface area contributed by atoms with Crippen molar-refractivity contribution in [1.29, 1.82) is 0 Å². The number of rotatable bonds is 9. The number of nitrogens with zero attached hydrogens (tertiary/aromatic N) is 2. The highest BCUT2D eigenvalue weighted by atomic mass is 35.5. The average Bonchev–Trinajstić information content (AvgIpc) is 2.71. The zero-order valence-electron chi connectivity index (χ0n) is 19.9. The van der Waals surface area contributed by atoms with E-state index in [1.165, 1.54) is 11.0 Å². The van der Waals surface area contributed by atoms with Gasteiger partial charge in [-0.05, 0) is 63.4 Å². The van der Waals surface area contributed by atoms with E-state index >= 15 is 0 Å². The molecule has 180 valence electrons. The van der Waals surface area contributed by atoms with E-state index in [4.69, 9.17) is 11.6 Å². The van der Waals surface area contributed by atoms with Gasteiger partial charge in [0, 0.05) is 17.6 Å². The van der Waals surface area contributed by atoms with Crippen molar-refractivity contribution in [3.05, 3.63) is 64.2 Å². The normalized spacial score (nSPS) is 12.4. The number of amides is 2. The Hall–Kier alpha value is -2.58. The smallest absolute Gasteiger partial charge is 0.244 e. The fraction of sp³-hybridized carbons (Fsp3) is 0.417. The fourth-order valence-corrected chi connectivity index (χ4v) is 4.33. The second kappa shape index (κ2) is 11.0. The van der Waals surface area contributed by atoms with Gasteiger partial charge in [0.1, 0.15) is 12.6 Å². The van der Waals surface area contributed by atoms with Crippen LogP contribution in [0.3, 0.4) is 0 Å². The topological polar surface area (TPSA) is 86.8 Å². The van der Waals surface area contributed by atoms with E-state index in [0.29, 0.717) is 5.02 Å². The van der Waals surface area contributed by atoms with Crippen molar-refractivity contribution < 1.29 is 18.0 Å². The summed E-state index contributed by atoms with van der Waals surface area (Å²) in [5, 5.41) is 3.22. The van der Waals surface area contributed by atoms with Gasteiger partial charge in [0.05, 0.1) is 11.9 Å². The van der Waals surface area contributed by atoms with Crippen molar-refractivity contribution in [2.24, 2.45) is 0 Å². The molecule has 0 bridgehead atoms. The summed E-state index contributed by atoms with van der Waals surface area (Å²) in [6, 6.07) is 11.5. The van der Waals surface area contributed by atoms with E-state index < -0.39 is 28.5 Å². The van der Waals surface area contributed by atoms with Crippen molar-refractivity contribution in [2.45, 2.75) is 53.2 Å². The van der Waals surface area contributed by atoms with E-state index in [1.807, 2.05) is 45.0 Å². The van der Waals surface area contributed by atoms with Gasteiger partial charge in [-0.2, -0.15) is 0 Å². The molecule has 0 heterocycles. The van der Waals surface area contributed by atoms with Crippen molar-refractivity contribution in [3.63, 3.8) is 0 Å². The Balaban J connectivity index is 2.43. The van der Waals surface area contributed by atoms with Crippen LogP contribution in [0.25, 0.3) is 0 Å². The molecule has 2 aromatic carbocycles. The van der Waals surface area contributed by atoms with Gasteiger partial charge in [0.2, 0.25) is 21.8 Å². The number of carbonyl (C=O) groups excluding carboxylic acids is 2. The quantitative estimate of drug-likeness (QED) is 0.577. The van der Waals surface area contributed by atoms with Crippen LogP contribution in [0.2, 0.25) is 5.02 Å². The van der Waals surface area contributed by atoms with Crippen LogP contribution >= 0.6 is 11.6 Å². The fourth-order valence-electron chi connectivity index (χ4n) is 3.31. The third-order valence-electron chi connectivity index (χ3n) is 5.32. The lowest BCUT2D eigenvalue weighted by Crippen LogP contribution is -2.52. The number of benzene rings is 2. The van der Waals surface area contributed by atoms with E-state index in [1.54, 1.807) is 26.0 Å². The van der Waals surface area contributed by atoms with Gasteiger partial charge in [-0.25, -0.2) is 8.42 Å². The summed E-state index contributed by atoms with van der Waals surface area (Å²) in [7, 11) is -3.80. The van der Waals surface area contributed by atoms with Crippen LogP contribution < -0.4 is 9.62 Å². The van der Waals surface area contributed by atoms with Gasteiger partial charge in [-0.15, -0.1) is 0 Å². The molecule has 0 saturated carbocycles. The first kappa shape index (κ1) is 26.7. The summed E-state index contributed by atoms with van der Waals surface area (Å²) in [5.74, 6) is -0.803. The van der Waals surface area contributed by atoms with Crippen LogP contribution in [0.15, 0.2) is 42.5 Å². The molecule has 9 heteroatoms. The minimum atomic E-state index is -3.80. The maximum absolute atomic E-state index is 13.5. The van der Waals surface area contributed by atoms with Gasteiger partial charge in [0.15, 0.2) is 0 Å². The third-order valence-corrected chi connectivity index (χ3v) is 6.87. The Bertz CT molecular complexity index is 1120. The highest BCUT2D eigenvalue weighted by Gasteiger charge is 2.30. The molecule has 33 heavy (non-hydrogen) atoms. The van der Waals surface area contributed by atoms with Crippen LogP contribution in [0.5, 0.6) is 0 Å². The Morgan fingerprint density at radius 3 is 2.21 bits per heavy atom. The van der Waals surface area contributed by atoms with Gasteiger partial charge in [0.25, 0.3) is 0 Å². The van der Waals surface area contributed by atoms with Crippen LogP contribution in [0.4, 0.5) is 5.69 Å². The van der Waals surface area contributed by atoms with E-state index in [2.05, 4.69) is 5.32 Å². The Morgan fingerprint density at radius 2 is 1.67 bits per heavy atom. The second-order valence-electron chi connectivity index (χ2n) is 8.49. The summed E-state index contributed by atoms with van der Waals surface area (Å²) in [5.41, 5.74) is 2.92. The first-order valence-corrected chi connectivity index (χ1v) is 12.9. The molecule has 0 saturated heterocycles. The highest BCUT2D eigenvalue weighted by Crippen LogP contribution is 2.25. The lowest BCUT2D eigenvalue weighted by atomic mass is 10.1. The van der Waals surface area contributed by atoms with E-state index in [0.717, 1.165) is 27.3 Å². The lowest BCUT2D eigenvalue weighted by Gasteiger charge is -2.32. The maximum atomic E-state index is 13.5. The molecule has 1 N–H and O–H groups in total. The SMILES string of the molecule is Cc1ccc(N(CC(=O)N(Cc2ccccc2C)[C@H](C)C(=O)NC(C)C)S(C)(=O)=O)cc1Cl. The number of anilines is 1. The number of carbonyl (C=O) groups is 2. The van der Waals surface area contributed by atoms with E-state index in [9.17, 15) is 18.0 Å². The molecule has 2 aromatic rings. The third kappa shape index (κ3) is 7.20. The number of halogens is 1. The maximum Gasteiger partial charge on any atom is 0.244 e. The molecule has 0 aliphatic rings. The molecule has 0 aliphatic heterocycles. The van der Waals surface area contributed by atoms with Crippen LogP contribution in [0, 0.1) is 13.8 Å².